The number of carboxylic acids is 1. The van der Waals surface area contributed by atoms with E-state index in [2.05, 4.69) is 0 Å². The number of nitrogens with one attached hydrogen (secondary N) is 1. The van der Waals surface area contributed by atoms with Gasteiger partial charge in [-0.05, 0) is 12.5 Å². The molecule has 6 nitrogen and oxygen atoms in total. The number of carboxylic acid groups (broad SMARTS) is 1. The number of benzene rings is 1. The number of hydrogen-bond acceptors (Lipinski definition) is 5. The number of hydrogen-bond donors (Lipinski definition) is 2. The van der Waals surface area contributed by atoms with E-state index in [1.54, 1.807) is 24.3 Å². The Balaban J connectivity index is 0.00000324. The van der Waals surface area contributed by atoms with Crippen molar-refractivity contribution in [2.75, 3.05) is 0 Å². The van der Waals surface area contributed by atoms with Gasteiger partial charge < -0.3 is 25.1 Å². The van der Waals surface area contributed by atoms with Crippen molar-refractivity contribution >= 4 is 12.1 Å². The summed E-state index contributed by atoms with van der Waals surface area (Å²) in [4.78, 5) is 21.9. The molecule has 0 spiro atoms. The number of rotatable bonds is 5. The fourth-order valence-electron chi connectivity index (χ4n) is 1.27. The van der Waals surface area contributed by atoms with Gasteiger partial charge in [0.1, 0.15) is 6.61 Å². The predicted molar refractivity (Wildman–Crippen MR) is 60.2 cm³/mol. The van der Waals surface area contributed by atoms with Gasteiger partial charge >= 0.3 is 75.0 Å². The van der Waals surface area contributed by atoms with Gasteiger partial charge in [-0.25, -0.2) is 4.79 Å². The van der Waals surface area contributed by atoms with Crippen LogP contribution in [0.2, 0.25) is 0 Å². The largest absolute Gasteiger partial charge is 1.00 e. The number of alkyl carbamates (subject to hydrolysis) is 1. The summed E-state index contributed by atoms with van der Waals surface area (Å²) in [7, 11) is 0. The van der Waals surface area contributed by atoms with Crippen molar-refractivity contribution in [2.45, 2.75) is 25.7 Å². The van der Waals surface area contributed by atoms with E-state index in [9.17, 15) is 14.7 Å². The van der Waals surface area contributed by atoms with Gasteiger partial charge in [0.15, 0.2) is 0 Å². The second kappa shape index (κ2) is 9.81. The number of ether oxygens (including phenoxy) is 1. The summed E-state index contributed by atoms with van der Waals surface area (Å²) >= 11 is 0. The van der Waals surface area contributed by atoms with Gasteiger partial charge in [-0.1, -0.05) is 30.3 Å². The van der Waals surface area contributed by atoms with Crippen LogP contribution in [0.3, 0.4) is 0 Å². The predicted octanol–water partition coefficient (Wildman–Crippen LogP) is -3.58. The Morgan fingerprint density at radius 2 is 1.95 bits per heavy atom. The molecule has 19 heavy (non-hydrogen) atoms. The summed E-state index contributed by atoms with van der Waals surface area (Å²) in [6, 6.07) is 7.43. The molecule has 7 heteroatoms. The third-order valence-electron chi connectivity index (χ3n) is 2.22. The van der Waals surface area contributed by atoms with Gasteiger partial charge in [0.25, 0.3) is 0 Å². The van der Waals surface area contributed by atoms with Crippen LogP contribution in [0.5, 0.6) is 0 Å². The van der Waals surface area contributed by atoms with Crippen molar-refractivity contribution in [1.82, 2.24) is 5.32 Å². The monoisotopic (exact) mass is 385 g/mol. The van der Waals surface area contributed by atoms with E-state index < -0.39 is 24.2 Å². The van der Waals surface area contributed by atoms with Crippen LogP contribution < -0.4 is 79.3 Å². The van der Waals surface area contributed by atoms with Gasteiger partial charge in [0.2, 0.25) is 0 Å². The van der Waals surface area contributed by atoms with Crippen LogP contribution in [0, 0.1) is 0 Å². The summed E-state index contributed by atoms with van der Waals surface area (Å²) in [5.41, 5.74) is 0.773. The van der Waals surface area contributed by atoms with Gasteiger partial charge in [-0.15, -0.1) is 0 Å². The number of amides is 1. The van der Waals surface area contributed by atoms with Crippen LogP contribution in [0.4, 0.5) is 4.79 Å². The average molecular weight is 385 g/mol. The number of carbonyl (C=O) groups excluding carboxylic acids is 2. The zero-order valence-electron chi connectivity index (χ0n) is 10.8. The standard InChI is InChI=1S/C12H15NO5.Cs/c1-8(14)10(11(15)16)13-12(17)18-7-9-5-3-2-4-6-9;/h2-6,8,10,14H,7H2,1H3,(H,13,17)(H,15,16);/q;+1/p-1. The molecule has 1 amide bonds. The van der Waals surface area contributed by atoms with Crippen molar-refractivity contribution in [3.05, 3.63) is 35.9 Å². The van der Waals surface area contributed by atoms with Crippen LogP contribution in [0.1, 0.15) is 12.5 Å². The maximum absolute atomic E-state index is 11.3. The van der Waals surface area contributed by atoms with Crippen LogP contribution >= 0.6 is 0 Å². The maximum atomic E-state index is 11.3. The molecule has 0 aromatic heterocycles. The first-order valence-electron chi connectivity index (χ1n) is 5.37. The van der Waals surface area contributed by atoms with Crippen LogP contribution in [-0.2, 0) is 16.1 Å². The molecule has 2 atom stereocenters. The molecule has 0 saturated carbocycles. The molecule has 1 aromatic carbocycles. The van der Waals surface area contributed by atoms with Crippen molar-refractivity contribution in [2.24, 2.45) is 0 Å². The van der Waals surface area contributed by atoms with Crippen molar-refractivity contribution in [3.8, 4) is 0 Å². The Hall–Kier alpha value is -0.0281. The smallest absolute Gasteiger partial charge is 0.548 e. The first kappa shape index (κ1) is 19.0. The minimum Gasteiger partial charge on any atom is -0.548 e. The second-order valence-corrected chi connectivity index (χ2v) is 3.74. The topological polar surface area (TPSA) is 98.7 Å². The Morgan fingerprint density at radius 3 is 2.42 bits per heavy atom. The van der Waals surface area contributed by atoms with Gasteiger partial charge in [0.05, 0.1) is 18.1 Å². The summed E-state index contributed by atoms with van der Waals surface area (Å²) in [5, 5.41) is 21.7. The minimum absolute atomic E-state index is 0. The molecule has 0 fully saturated rings. The zero-order chi connectivity index (χ0) is 13.5. The maximum Gasteiger partial charge on any atom is 1.00 e. The quantitative estimate of drug-likeness (QED) is 0.546. The number of aliphatic hydroxyl groups is 1. The number of aliphatic hydroxyl groups excluding tert-OH is 1. The molecular formula is C12H14CsNO5. The third kappa shape index (κ3) is 7.35. The Morgan fingerprint density at radius 1 is 1.37 bits per heavy atom. The molecule has 2 unspecified atom stereocenters. The summed E-state index contributed by atoms with van der Waals surface area (Å²) in [5.74, 6) is -1.57. The van der Waals surface area contributed by atoms with E-state index in [4.69, 9.17) is 9.84 Å². The van der Waals surface area contributed by atoms with Crippen LogP contribution in [0.25, 0.3) is 0 Å². The molecule has 0 saturated heterocycles. The second-order valence-electron chi connectivity index (χ2n) is 3.74. The summed E-state index contributed by atoms with van der Waals surface area (Å²) in [6.07, 6.45) is -2.19. The van der Waals surface area contributed by atoms with E-state index in [1.165, 1.54) is 6.92 Å². The van der Waals surface area contributed by atoms with Crippen molar-refractivity contribution in [1.29, 1.82) is 0 Å². The minimum atomic E-state index is -1.57. The van der Waals surface area contributed by atoms with E-state index in [1.807, 2.05) is 11.4 Å². The molecule has 98 valence electrons. The SMILES string of the molecule is CC(O)C(NC(=O)OCc1ccccc1)C(=O)[O-].[Cs+]. The molecule has 1 rings (SSSR count). The average Bonchev–Trinajstić information content (AvgIpc) is 2.34. The molecular weight excluding hydrogens is 371 g/mol. The fourth-order valence-corrected chi connectivity index (χ4v) is 1.27. The normalized spacial score (nSPS) is 12.7. The molecule has 0 bridgehead atoms. The molecule has 2 N–H and O–H groups in total. The van der Waals surface area contributed by atoms with Crippen molar-refractivity contribution < 1.29 is 93.4 Å². The van der Waals surface area contributed by atoms with E-state index in [0.717, 1.165) is 5.56 Å². The summed E-state index contributed by atoms with van der Waals surface area (Å²) < 4.78 is 4.81. The Labute approximate surface area is 170 Å². The molecule has 0 aliphatic rings. The fraction of sp³-hybridized carbons (Fsp3) is 0.333. The number of carbonyl (C=O) groups is 2. The van der Waals surface area contributed by atoms with Gasteiger partial charge in [-0.3, -0.25) is 0 Å². The van der Waals surface area contributed by atoms with Crippen molar-refractivity contribution in [3.63, 3.8) is 0 Å². The first-order valence-corrected chi connectivity index (χ1v) is 5.37. The van der Waals surface area contributed by atoms with E-state index in [-0.39, 0.29) is 75.5 Å². The molecule has 0 radical (unpaired) electrons. The Bertz CT molecular complexity index is 410. The summed E-state index contributed by atoms with van der Waals surface area (Å²) in [6.45, 7) is 1.25. The molecule has 0 heterocycles. The van der Waals surface area contributed by atoms with E-state index >= 15 is 0 Å². The van der Waals surface area contributed by atoms with E-state index in [0.29, 0.717) is 0 Å². The van der Waals surface area contributed by atoms with Crippen LogP contribution in [-0.4, -0.2) is 29.3 Å². The molecule has 0 aliphatic carbocycles. The Kier molecular flexibility index (Phi) is 9.80. The zero-order valence-corrected chi connectivity index (χ0v) is 17.1. The first-order chi connectivity index (χ1) is 8.50. The third-order valence-corrected chi connectivity index (χ3v) is 2.22. The molecule has 0 aliphatic heterocycles. The van der Waals surface area contributed by atoms with Gasteiger partial charge in [-0.2, -0.15) is 0 Å². The molecule has 1 aromatic rings. The number of aliphatic carboxylic acids is 1. The van der Waals surface area contributed by atoms with Crippen LogP contribution in [0.15, 0.2) is 30.3 Å². The van der Waals surface area contributed by atoms with Gasteiger partial charge in [0, 0.05) is 0 Å².